The first kappa shape index (κ1) is 11.2. The van der Waals surface area contributed by atoms with E-state index in [4.69, 9.17) is 11.5 Å². The predicted octanol–water partition coefficient (Wildman–Crippen LogP) is -1.04. The van der Waals surface area contributed by atoms with Crippen molar-refractivity contribution in [1.82, 2.24) is 4.90 Å². The van der Waals surface area contributed by atoms with Crippen LogP contribution in [0.4, 0.5) is 0 Å². The zero-order chi connectivity index (χ0) is 11.6. The molecule has 0 saturated carbocycles. The molecule has 6 nitrogen and oxygen atoms in total. The molecule has 0 fully saturated rings. The highest BCUT2D eigenvalue weighted by Crippen LogP contribution is 2.16. The Balaban J connectivity index is 2.78. The van der Waals surface area contributed by atoms with Gasteiger partial charge in [-0.05, 0) is 13.8 Å². The molecule has 2 amide bonds. The lowest BCUT2D eigenvalue weighted by Crippen LogP contribution is -2.43. The first-order valence-corrected chi connectivity index (χ1v) is 4.58. The molecule has 15 heavy (non-hydrogen) atoms. The zero-order valence-corrected chi connectivity index (χ0v) is 8.68. The van der Waals surface area contributed by atoms with Crippen LogP contribution in [0.5, 0.6) is 0 Å². The summed E-state index contributed by atoms with van der Waals surface area (Å²) in [6.45, 7) is 3.64. The first-order valence-electron chi connectivity index (χ1n) is 4.58. The Kier molecular flexibility index (Phi) is 3.08. The van der Waals surface area contributed by atoms with Crippen molar-refractivity contribution in [1.29, 1.82) is 0 Å². The van der Waals surface area contributed by atoms with Crippen LogP contribution in [0.25, 0.3) is 0 Å². The maximum Gasteiger partial charge on any atom is 0.338 e. The van der Waals surface area contributed by atoms with Crippen LogP contribution >= 0.6 is 0 Å². The van der Waals surface area contributed by atoms with Crippen molar-refractivity contribution in [3.05, 3.63) is 12.2 Å². The topological polar surface area (TPSA) is 102 Å². The predicted molar refractivity (Wildman–Crippen MR) is 55.7 cm³/mol. The monoisotopic (exact) mass is 210 g/mol. The normalized spacial score (nSPS) is 24.0. The second-order valence-corrected chi connectivity index (χ2v) is 3.42. The fraction of sp³-hybridized carbons (Fsp3) is 0.444. The number of rotatable bonds is 0. The Bertz CT molecular complexity index is 332. The molecule has 1 aliphatic rings. The van der Waals surface area contributed by atoms with Gasteiger partial charge < -0.3 is 16.4 Å². The second kappa shape index (κ2) is 4.12. The summed E-state index contributed by atoms with van der Waals surface area (Å²) in [6, 6.07) is -0.212. The van der Waals surface area contributed by atoms with E-state index in [-0.39, 0.29) is 12.1 Å². The van der Waals surface area contributed by atoms with Gasteiger partial charge in [-0.25, -0.2) is 0 Å². The van der Waals surface area contributed by atoms with Gasteiger partial charge in [-0.3, -0.25) is 9.59 Å². The molecule has 0 aromatic heterocycles. The van der Waals surface area contributed by atoms with Crippen LogP contribution in [0.15, 0.2) is 17.1 Å². The molecule has 0 spiro atoms. The van der Waals surface area contributed by atoms with E-state index < -0.39 is 17.8 Å². The van der Waals surface area contributed by atoms with Crippen LogP contribution in [0, 0.1) is 0 Å². The van der Waals surface area contributed by atoms with Gasteiger partial charge in [0, 0.05) is 12.1 Å². The average molecular weight is 210 g/mol. The molecule has 1 unspecified atom stereocenters. The summed E-state index contributed by atoms with van der Waals surface area (Å²) in [4.78, 5) is 27.5. The molecule has 0 aromatic rings. The van der Waals surface area contributed by atoms with Crippen LogP contribution in [0.1, 0.15) is 13.8 Å². The van der Waals surface area contributed by atoms with E-state index in [1.54, 1.807) is 0 Å². The van der Waals surface area contributed by atoms with Crippen molar-refractivity contribution < 1.29 is 9.59 Å². The van der Waals surface area contributed by atoms with Crippen molar-refractivity contribution >= 4 is 17.8 Å². The zero-order valence-electron chi connectivity index (χ0n) is 8.68. The summed E-state index contributed by atoms with van der Waals surface area (Å²) < 4.78 is 0. The molecule has 1 aliphatic heterocycles. The van der Waals surface area contributed by atoms with E-state index in [1.165, 1.54) is 4.90 Å². The Morgan fingerprint density at radius 3 is 2.07 bits per heavy atom. The van der Waals surface area contributed by atoms with Crippen LogP contribution in [0.3, 0.4) is 0 Å². The van der Waals surface area contributed by atoms with Gasteiger partial charge in [0.1, 0.15) is 0 Å². The van der Waals surface area contributed by atoms with E-state index >= 15 is 0 Å². The molecule has 0 aliphatic carbocycles. The quantitative estimate of drug-likeness (QED) is 0.231. The summed E-state index contributed by atoms with van der Waals surface area (Å²) in [5.74, 6) is -2.02. The molecule has 1 rings (SSSR count). The Morgan fingerprint density at radius 2 is 1.67 bits per heavy atom. The number of hydrogen-bond donors (Lipinski definition) is 2. The van der Waals surface area contributed by atoms with Crippen molar-refractivity contribution in [2.45, 2.75) is 25.9 Å². The Hall–Kier alpha value is -1.85. The SMILES string of the molecule is CC1C=C[C@@H](C)N1C(=O)C(=O)N=C(N)N. The van der Waals surface area contributed by atoms with Crippen LogP contribution in [-0.2, 0) is 9.59 Å². The van der Waals surface area contributed by atoms with Gasteiger partial charge in [-0.1, -0.05) is 12.2 Å². The van der Waals surface area contributed by atoms with E-state index in [9.17, 15) is 9.59 Å². The summed E-state index contributed by atoms with van der Waals surface area (Å²) in [6.07, 6.45) is 3.71. The summed E-state index contributed by atoms with van der Waals surface area (Å²) in [5.41, 5.74) is 10.0. The lowest BCUT2D eigenvalue weighted by Gasteiger charge is -2.24. The number of nitrogens with zero attached hydrogens (tertiary/aromatic N) is 2. The van der Waals surface area contributed by atoms with Gasteiger partial charge in [0.05, 0.1) is 0 Å². The maximum atomic E-state index is 11.6. The number of guanidine groups is 1. The van der Waals surface area contributed by atoms with Crippen LogP contribution in [-0.4, -0.2) is 34.8 Å². The highest BCUT2D eigenvalue weighted by Gasteiger charge is 2.31. The third-order valence-corrected chi connectivity index (χ3v) is 2.19. The van der Waals surface area contributed by atoms with E-state index in [0.29, 0.717) is 0 Å². The van der Waals surface area contributed by atoms with Gasteiger partial charge in [-0.2, -0.15) is 4.99 Å². The number of carbonyl (C=O) groups excluding carboxylic acids is 2. The lowest BCUT2D eigenvalue weighted by atomic mass is 10.3. The second-order valence-electron chi connectivity index (χ2n) is 3.42. The average Bonchev–Trinajstić information content (AvgIpc) is 2.44. The number of nitrogens with two attached hydrogens (primary N) is 2. The maximum absolute atomic E-state index is 11.6. The molecule has 0 bridgehead atoms. The molecule has 4 N–H and O–H groups in total. The molecule has 0 saturated heterocycles. The summed E-state index contributed by atoms with van der Waals surface area (Å²) in [5, 5.41) is 0. The number of carbonyl (C=O) groups is 2. The van der Waals surface area contributed by atoms with E-state index in [1.807, 2.05) is 26.0 Å². The minimum atomic E-state index is -0.933. The van der Waals surface area contributed by atoms with Gasteiger partial charge in [0.25, 0.3) is 0 Å². The van der Waals surface area contributed by atoms with Gasteiger partial charge >= 0.3 is 11.8 Å². The van der Waals surface area contributed by atoms with Crippen LogP contribution in [0.2, 0.25) is 0 Å². The van der Waals surface area contributed by atoms with Crippen molar-refractivity contribution in [3.63, 3.8) is 0 Å². The largest absolute Gasteiger partial charge is 0.370 e. The highest BCUT2D eigenvalue weighted by atomic mass is 16.2. The minimum Gasteiger partial charge on any atom is -0.370 e. The summed E-state index contributed by atoms with van der Waals surface area (Å²) >= 11 is 0. The van der Waals surface area contributed by atoms with Gasteiger partial charge in [0.15, 0.2) is 5.96 Å². The molecule has 0 aromatic carbocycles. The molecule has 6 heteroatoms. The van der Waals surface area contributed by atoms with Gasteiger partial charge in [0.2, 0.25) is 0 Å². The smallest absolute Gasteiger partial charge is 0.338 e. The Morgan fingerprint density at radius 1 is 1.20 bits per heavy atom. The molecular weight excluding hydrogens is 196 g/mol. The van der Waals surface area contributed by atoms with Crippen LogP contribution < -0.4 is 11.5 Å². The first-order chi connectivity index (χ1) is 6.93. The third-order valence-electron chi connectivity index (χ3n) is 2.19. The third kappa shape index (κ3) is 2.34. The van der Waals surface area contributed by atoms with E-state index in [2.05, 4.69) is 4.99 Å². The molecular formula is C9H14N4O2. The summed E-state index contributed by atoms with van der Waals surface area (Å²) in [7, 11) is 0. The number of amides is 2. The fourth-order valence-corrected chi connectivity index (χ4v) is 1.52. The molecule has 1 heterocycles. The molecule has 82 valence electrons. The lowest BCUT2D eigenvalue weighted by molar-refractivity contribution is -0.145. The van der Waals surface area contributed by atoms with Gasteiger partial charge in [-0.15, -0.1) is 0 Å². The molecule has 2 atom stereocenters. The minimum absolute atomic E-state index is 0.106. The standard InChI is InChI=1S/C9H14N4O2/c1-5-3-4-6(2)13(5)8(15)7(14)12-9(10)11/h3-6H,1-2H3,(H4,10,11,12,14)/t5-,6?/m1/s1. The Labute approximate surface area is 87.6 Å². The van der Waals surface area contributed by atoms with Crippen molar-refractivity contribution in [2.75, 3.05) is 0 Å². The number of aliphatic imine (C=N–C) groups is 1. The number of hydrogen-bond acceptors (Lipinski definition) is 2. The van der Waals surface area contributed by atoms with Crippen molar-refractivity contribution in [3.8, 4) is 0 Å². The highest BCUT2D eigenvalue weighted by molar-refractivity contribution is 6.37. The fourth-order valence-electron chi connectivity index (χ4n) is 1.52. The van der Waals surface area contributed by atoms with E-state index in [0.717, 1.165) is 0 Å². The van der Waals surface area contributed by atoms with Crippen molar-refractivity contribution in [2.24, 2.45) is 16.5 Å². The molecule has 0 radical (unpaired) electrons.